The summed E-state index contributed by atoms with van der Waals surface area (Å²) >= 11 is 5.84. The van der Waals surface area contributed by atoms with Gasteiger partial charge in [-0.1, -0.05) is 29.8 Å². The Bertz CT molecular complexity index is 848. The van der Waals surface area contributed by atoms with Gasteiger partial charge < -0.3 is 5.32 Å². The molecule has 7 heteroatoms. The van der Waals surface area contributed by atoms with Crippen molar-refractivity contribution >= 4 is 33.2 Å². The molecule has 2 aromatic carbocycles. The predicted octanol–water partition coefficient (Wildman–Crippen LogP) is 3.03. The molecule has 1 aliphatic rings. The molecule has 0 aliphatic heterocycles. The van der Waals surface area contributed by atoms with Crippen molar-refractivity contribution in [3.05, 3.63) is 59.1 Å². The van der Waals surface area contributed by atoms with Gasteiger partial charge in [-0.05, 0) is 43.2 Å². The number of hydrogen-bond donors (Lipinski definition) is 2. The van der Waals surface area contributed by atoms with Crippen LogP contribution in [0, 0.1) is 0 Å². The second-order valence-electron chi connectivity index (χ2n) is 5.36. The Morgan fingerprint density at radius 2 is 1.83 bits per heavy atom. The molecule has 0 saturated heterocycles. The van der Waals surface area contributed by atoms with E-state index >= 15 is 0 Å². The predicted molar refractivity (Wildman–Crippen MR) is 89.2 cm³/mol. The summed E-state index contributed by atoms with van der Waals surface area (Å²) < 4.78 is 27.4. The summed E-state index contributed by atoms with van der Waals surface area (Å²) in [5.41, 5.74) is 0.538. The van der Waals surface area contributed by atoms with Gasteiger partial charge in [0.2, 0.25) is 0 Å². The van der Waals surface area contributed by atoms with Gasteiger partial charge in [-0.25, -0.2) is 8.42 Å². The fourth-order valence-corrected chi connectivity index (χ4v) is 3.48. The molecule has 2 aromatic rings. The van der Waals surface area contributed by atoms with E-state index in [9.17, 15) is 13.2 Å². The second kappa shape index (κ2) is 6.22. The third-order valence-corrected chi connectivity index (χ3v) is 5.03. The van der Waals surface area contributed by atoms with Gasteiger partial charge in [-0.15, -0.1) is 0 Å². The second-order valence-corrected chi connectivity index (χ2v) is 7.48. The number of halogens is 1. The molecule has 0 spiro atoms. The monoisotopic (exact) mass is 350 g/mol. The lowest BCUT2D eigenvalue weighted by atomic mass is 10.1. The first-order chi connectivity index (χ1) is 11.0. The number of benzene rings is 2. The van der Waals surface area contributed by atoms with Gasteiger partial charge in [0, 0.05) is 11.1 Å². The van der Waals surface area contributed by atoms with Gasteiger partial charge in [0.05, 0.1) is 16.1 Å². The molecule has 23 heavy (non-hydrogen) atoms. The largest absolute Gasteiger partial charge is 0.349 e. The van der Waals surface area contributed by atoms with Gasteiger partial charge in [0.25, 0.3) is 15.9 Å². The van der Waals surface area contributed by atoms with Crippen molar-refractivity contribution in [2.45, 2.75) is 23.8 Å². The topological polar surface area (TPSA) is 75.3 Å². The fourth-order valence-electron chi connectivity index (χ4n) is 2.10. The normalized spacial score (nSPS) is 14.3. The Labute approximate surface area is 139 Å². The Hall–Kier alpha value is -2.05. The first-order valence-corrected chi connectivity index (χ1v) is 9.00. The Balaban J connectivity index is 1.88. The standard InChI is InChI=1S/C16H15ClN2O3S/c17-11-4-3-5-13(10-11)23(21,22)19-15-7-2-1-6-14(15)16(20)18-12-8-9-12/h1-7,10,12,19H,8-9H2,(H,18,20). The third-order valence-electron chi connectivity index (χ3n) is 3.43. The van der Waals surface area contributed by atoms with E-state index in [0.717, 1.165) is 12.8 Å². The minimum atomic E-state index is -3.82. The summed E-state index contributed by atoms with van der Waals surface area (Å²) in [5, 5.41) is 3.18. The van der Waals surface area contributed by atoms with Crippen LogP contribution < -0.4 is 10.0 Å². The first kappa shape index (κ1) is 15.8. The van der Waals surface area contributed by atoms with E-state index in [-0.39, 0.29) is 22.5 Å². The third kappa shape index (κ3) is 3.83. The number of carbonyl (C=O) groups is 1. The smallest absolute Gasteiger partial charge is 0.261 e. The average molecular weight is 351 g/mol. The van der Waals surface area contributed by atoms with Crippen LogP contribution in [0.15, 0.2) is 53.4 Å². The van der Waals surface area contributed by atoms with Crippen LogP contribution in [0.4, 0.5) is 5.69 Å². The van der Waals surface area contributed by atoms with Crippen LogP contribution in [0.2, 0.25) is 5.02 Å². The lowest BCUT2D eigenvalue weighted by molar-refractivity contribution is 0.0952. The molecule has 0 heterocycles. The molecule has 0 unspecified atom stereocenters. The minimum Gasteiger partial charge on any atom is -0.349 e. The van der Waals surface area contributed by atoms with Crippen LogP contribution >= 0.6 is 11.6 Å². The fraction of sp³-hybridized carbons (Fsp3) is 0.188. The Morgan fingerprint density at radius 3 is 2.52 bits per heavy atom. The molecular formula is C16H15ClN2O3S. The summed E-state index contributed by atoms with van der Waals surface area (Å²) in [6.45, 7) is 0. The molecule has 3 rings (SSSR count). The molecule has 1 fully saturated rings. The summed E-state index contributed by atoms with van der Waals surface area (Å²) in [7, 11) is -3.82. The Kier molecular flexibility index (Phi) is 4.28. The van der Waals surface area contributed by atoms with Gasteiger partial charge in [0.1, 0.15) is 0 Å². The molecule has 5 nitrogen and oxygen atoms in total. The molecule has 0 atom stereocenters. The molecule has 2 N–H and O–H groups in total. The van der Waals surface area contributed by atoms with Crippen molar-refractivity contribution in [1.29, 1.82) is 0 Å². The van der Waals surface area contributed by atoms with Crippen LogP contribution in [0.25, 0.3) is 0 Å². The number of para-hydroxylation sites is 1. The summed E-state index contributed by atoms with van der Waals surface area (Å²) in [4.78, 5) is 12.3. The summed E-state index contributed by atoms with van der Waals surface area (Å²) in [6.07, 6.45) is 1.92. The van der Waals surface area contributed by atoms with E-state index in [4.69, 9.17) is 11.6 Å². The minimum absolute atomic E-state index is 0.0439. The number of carbonyl (C=O) groups excluding carboxylic acids is 1. The summed E-state index contributed by atoms with van der Waals surface area (Å²) in [6, 6.07) is 12.7. The number of amides is 1. The zero-order chi connectivity index (χ0) is 16.4. The van der Waals surface area contributed by atoms with Crippen LogP contribution in [0.3, 0.4) is 0 Å². The molecule has 0 radical (unpaired) electrons. The molecular weight excluding hydrogens is 336 g/mol. The number of anilines is 1. The van der Waals surface area contributed by atoms with E-state index in [2.05, 4.69) is 10.0 Å². The molecule has 120 valence electrons. The quantitative estimate of drug-likeness (QED) is 0.870. The average Bonchev–Trinajstić information content (AvgIpc) is 3.31. The van der Waals surface area contributed by atoms with Crippen molar-refractivity contribution in [2.24, 2.45) is 0 Å². The lowest BCUT2D eigenvalue weighted by Gasteiger charge is -2.12. The maximum atomic E-state index is 12.5. The van der Waals surface area contributed by atoms with E-state index in [1.165, 1.54) is 12.1 Å². The van der Waals surface area contributed by atoms with Crippen LogP contribution in [-0.2, 0) is 10.0 Å². The van der Waals surface area contributed by atoms with Gasteiger partial charge >= 0.3 is 0 Å². The van der Waals surface area contributed by atoms with Gasteiger partial charge in [-0.2, -0.15) is 0 Å². The zero-order valence-electron chi connectivity index (χ0n) is 12.1. The highest BCUT2D eigenvalue weighted by molar-refractivity contribution is 7.92. The van der Waals surface area contributed by atoms with E-state index in [1.807, 2.05) is 0 Å². The molecule has 0 aromatic heterocycles. The number of rotatable bonds is 5. The maximum Gasteiger partial charge on any atom is 0.261 e. The first-order valence-electron chi connectivity index (χ1n) is 7.14. The van der Waals surface area contributed by atoms with Gasteiger partial charge in [0.15, 0.2) is 0 Å². The van der Waals surface area contributed by atoms with Crippen molar-refractivity contribution in [3.8, 4) is 0 Å². The van der Waals surface area contributed by atoms with Crippen molar-refractivity contribution in [3.63, 3.8) is 0 Å². The van der Waals surface area contributed by atoms with E-state index < -0.39 is 10.0 Å². The highest BCUT2D eigenvalue weighted by Crippen LogP contribution is 2.24. The SMILES string of the molecule is O=C(NC1CC1)c1ccccc1NS(=O)(=O)c1cccc(Cl)c1. The highest BCUT2D eigenvalue weighted by atomic mass is 35.5. The van der Waals surface area contributed by atoms with Gasteiger partial charge in [-0.3, -0.25) is 9.52 Å². The number of nitrogens with one attached hydrogen (secondary N) is 2. The maximum absolute atomic E-state index is 12.5. The van der Waals surface area contributed by atoms with E-state index in [0.29, 0.717) is 10.6 Å². The number of hydrogen-bond acceptors (Lipinski definition) is 3. The molecule has 0 bridgehead atoms. The van der Waals surface area contributed by atoms with Crippen molar-refractivity contribution < 1.29 is 13.2 Å². The van der Waals surface area contributed by atoms with Crippen LogP contribution in [-0.4, -0.2) is 20.4 Å². The van der Waals surface area contributed by atoms with Crippen molar-refractivity contribution in [1.82, 2.24) is 5.32 Å². The van der Waals surface area contributed by atoms with Crippen LogP contribution in [0.1, 0.15) is 23.2 Å². The van der Waals surface area contributed by atoms with Crippen molar-refractivity contribution in [2.75, 3.05) is 4.72 Å². The number of sulfonamides is 1. The lowest BCUT2D eigenvalue weighted by Crippen LogP contribution is -2.27. The molecule has 1 saturated carbocycles. The Morgan fingerprint density at radius 1 is 1.09 bits per heavy atom. The molecule has 1 amide bonds. The highest BCUT2D eigenvalue weighted by Gasteiger charge is 2.25. The molecule has 1 aliphatic carbocycles. The zero-order valence-corrected chi connectivity index (χ0v) is 13.7. The summed E-state index contributed by atoms with van der Waals surface area (Å²) in [5.74, 6) is -0.281. The van der Waals surface area contributed by atoms with Crippen LogP contribution in [0.5, 0.6) is 0 Å². The van der Waals surface area contributed by atoms with E-state index in [1.54, 1.807) is 36.4 Å².